The van der Waals surface area contributed by atoms with E-state index in [-0.39, 0.29) is 17.9 Å². The Morgan fingerprint density at radius 1 is 1.03 bits per heavy atom. The molecule has 0 saturated carbocycles. The summed E-state index contributed by atoms with van der Waals surface area (Å²) < 4.78 is 5.11. The predicted molar refractivity (Wildman–Crippen MR) is 150 cm³/mol. The quantitative estimate of drug-likeness (QED) is 0.419. The molecule has 3 aliphatic rings. The summed E-state index contributed by atoms with van der Waals surface area (Å²) in [5, 5.41) is 6.41. The number of amides is 1. The number of rotatable bonds is 5. The summed E-state index contributed by atoms with van der Waals surface area (Å²) in [7, 11) is 0. The molecule has 3 heterocycles. The van der Waals surface area contributed by atoms with Crippen molar-refractivity contribution in [3.8, 4) is 0 Å². The molecule has 3 aromatic rings. The standard InChI is InChI=1S/C32H33N3O3/c1-3-38-30(36)25-13-15-27(16-14-25)35-31(37)32(22(2)33-35)21-26-11-7-8-12-28(26)34-18-17-24(20-29(32)34)19-23-9-5-4-6-10-23/h4-16,24,29H,3,17-21H2,1-2H3/t24-,29-,32+/m1/s1. The van der Waals surface area contributed by atoms with Gasteiger partial charge in [0.2, 0.25) is 0 Å². The van der Waals surface area contributed by atoms with Crippen molar-refractivity contribution in [2.45, 2.75) is 45.6 Å². The van der Waals surface area contributed by atoms with Crippen molar-refractivity contribution in [3.63, 3.8) is 0 Å². The second kappa shape index (κ2) is 9.75. The smallest absolute Gasteiger partial charge is 0.338 e. The number of hydrogen-bond acceptors (Lipinski definition) is 5. The van der Waals surface area contributed by atoms with Crippen molar-refractivity contribution in [1.29, 1.82) is 0 Å². The van der Waals surface area contributed by atoms with Crippen LogP contribution in [0.4, 0.5) is 11.4 Å². The number of fused-ring (bicyclic) bond motifs is 4. The van der Waals surface area contributed by atoms with Crippen LogP contribution in [0, 0.1) is 11.3 Å². The first-order valence-corrected chi connectivity index (χ1v) is 13.6. The first-order valence-electron chi connectivity index (χ1n) is 13.6. The van der Waals surface area contributed by atoms with Crippen LogP contribution in [0.2, 0.25) is 0 Å². The molecule has 3 aliphatic heterocycles. The van der Waals surface area contributed by atoms with Crippen molar-refractivity contribution in [2.75, 3.05) is 23.1 Å². The molecular formula is C32H33N3O3. The molecule has 0 unspecified atom stereocenters. The largest absolute Gasteiger partial charge is 0.462 e. The molecule has 6 heteroatoms. The first kappa shape index (κ1) is 24.4. The van der Waals surface area contributed by atoms with Crippen LogP contribution in [0.25, 0.3) is 0 Å². The number of hydrogen-bond donors (Lipinski definition) is 0. The summed E-state index contributed by atoms with van der Waals surface area (Å²) in [5.74, 6) is 0.150. The molecule has 1 spiro atoms. The zero-order chi connectivity index (χ0) is 26.3. The van der Waals surface area contributed by atoms with Gasteiger partial charge in [-0.2, -0.15) is 10.1 Å². The number of hydrazone groups is 1. The highest BCUT2D eigenvalue weighted by Gasteiger charge is 2.59. The minimum atomic E-state index is -0.719. The average molecular weight is 508 g/mol. The first-order chi connectivity index (χ1) is 18.5. The molecule has 1 saturated heterocycles. The molecule has 38 heavy (non-hydrogen) atoms. The summed E-state index contributed by atoms with van der Waals surface area (Å²) in [6.07, 6.45) is 3.71. The second-order valence-electron chi connectivity index (χ2n) is 10.6. The monoisotopic (exact) mass is 507 g/mol. The third-order valence-electron chi connectivity index (χ3n) is 8.51. The minimum absolute atomic E-state index is 0.0174. The molecule has 0 aliphatic carbocycles. The van der Waals surface area contributed by atoms with Crippen LogP contribution in [0.5, 0.6) is 0 Å². The van der Waals surface area contributed by atoms with E-state index in [1.165, 1.54) is 16.8 Å². The highest BCUT2D eigenvalue weighted by atomic mass is 16.5. The van der Waals surface area contributed by atoms with Crippen LogP contribution < -0.4 is 9.91 Å². The fourth-order valence-electron chi connectivity index (χ4n) is 6.63. The molecular weight excluding hydrogens is 474 g/mol. The molecule has 0 aromatic heterocycles. The van der Waals surface area contributed by atoms with Gasteiger partial charge in [0, 0.05) is 18.3 Å². The van der Waals surface area contributed by atoms with Crippen LogP contribution in [0.1, 0.15) is 48.2 Å². The lowest BCUT2D eigenvalue weighted by Crippen LogP contribution is -2.62. The topological polar surface area (TPSA) is 62.2 Å². The molecule has 1 fully saturated rings. The van der Waals surface area contributed by atoms with E-state index in [1.807, 2.05) is 6.92 Å². The fourth-order valence-corrected chi connectivity index (χ4v) is 6.63. The van der Waals surface area contributed by atoms with E-state index in [1.54, 1.807) is 36.2 Å². The highest BCUT2D eigenvalue weighted by molar-refractivity contribution is 6.20. The van der Waals surface area contributed by atoms with Gasteiger partial charge < -0.3 is 9.64 Å². The number of para-hydroxylation sites is 1. The SMILES string of the molecule is CCOC(=O)c1ccc(N2N=C(C)[C@]3(Cc4ccccc4N4CC[C@H](Cc5ccccc5)C[C@@H]43)C2=O)cc1. The maximum Gasteiger partial charge on any atom is 0.338 e. The molecule has 194 valence electrons. The summed E-state index contributed by atoms with van der Waals surface area (Å²) >= 11 is 0. The van der Waals surface area contributed by atoms with Gasteiger partial charge in [-0.15, -0.1) is 0 Å². The predicted octanol–water partition coefficient (Wildman–Crippen LogP) is 5.66. The third-order valence-corrected chi connectivity index (χ3v) is 8.51. The van der Waals surface area contributed by atoms with Gasteiger partial charge in [0.05, 0.1) is 23.6 Å². The van der Waals surface area contributed by atoms with Crippen LogP contribution in [0.15, 0.2) is 84.0 Å². The van der Waals surface area contributed by atoms with Gasteiger partial charge in [-0.1, -0.05) is 48.5 Å². The lowest BCUT2D eigenvalue weighted by atomic mass is 9.64. The normalized spacial score (nSPS) is 24.2. The van der Waals surface area contributed by atoms with Gasteiger partial charge in [0.1, 0.15) is 5.41 Å². The Labute approximate surface area is 223 Å². The van der Waals surface area contributed by atoms with E-state index < -0.39 is 5.41 Å². The summed E-state index contributed by atoms with van der Waals surface area (Å²) in [6.45, 7) is 5.04. The third kappa shape index (κ3) is 3.99. The van der Waals surface area contributed by atoms with Gasteiger partial charge >= 0.3 is 5.97 Å². The van der Waals surface area contributed by atoms with E-state index in [0.29, 0.717) is 30.2 Å². The number of anilines is 2. The van der Waals surface area contributed by atoms with Crippen molar-refractivity contribution >= 4 is 29.0 Å². The van der Waals surface area contributed by atoms with Crippen LogP contribution in [0.3, 0.4) is 0 Å². The molecule has 3 aromatic carbocycles. The number of benzene rings is 3. The highest BCUT2D eigenvalue weighted by Crippen LogP contribution is 2.50. The van der Waals surface area contributed by atoms with Crippen LogP contribution >= 0.6 is 0 Å². The van der Waals surface area contributed by atoms with E-state index in [9.17, 15) is 9.59 Å². The Morgan fingerprint density at radius 2 is 1.76 bits per heavy atom. The maximum atomic E-state index is 14.4. The summed E-state index contributed by atoms with van der Waals surface area (Å²) in [5.41, 5.74) is 5.08. The Balaban J connectivity index is 1.34. The summed E-state index contributed by atoms with van der Waals surface area (Å²) in [6, 6.07) is 26.2. The molecule has 6 nitrogen and oxygen atoms in total. The molecule has 3 atom stereocenters. The minimum Gasteiger partial charge on any atom is -0.462 e. The fraction of sp³-hybridized carbons (Fsp3) is 0.344. The van der Waals surface area contributed by atoms with Gasteiger partial charge in [-0.25, -0.2) is 4.79 Å². The molecule has 0 bridgehead atoms. The number of nitrogens with zero attached hydrogens (tertiary/aromatic N) is 3. The summed E-state index contributed by atoms with van der Waals surface area (Å²) in [4.78, 5) is 29.1. The van der Waals surface area contributed by atoms with Crippen LogP contribution in [-0.2, 0) is 22.4 Å². The van der Waals surface area contributed by atoms with E-state index in [0.717, 1.165) is 31.5 Å². The Bertz CT molecular complexity index is 1380. The Morgan fingerprint density at radius 3 is 2.53 bits per heavy atom. The van der Waals surface area contributed by atoms with Gasteiger partial charge in [0.15, 0.2) is 0 Å². The number of carbonyl (C=O) groups excluding carboxylic acids is 2. The van der Waals surface area contributed by atoms with Crippen molar-refractivity contribution in [3.05, 3.63) is 95.6 Å². The average Bonchev–Trinajstić information content (AvgIpc) is 3.19. The zero-order valence-corrected chi connectivity index (χ0v) is 22.0. The van der Waals surface area contributed by atoms with Crippen molar-refractivity contribution < 1.29 is 14.3 Å². The maximum absolute atomic E-state index is 14.4. The molecule has 1 amide bonds. The number of piperidine rings is 1. The lowest BCUT2D eigenvalue weighted by Gasteiger charge is -2.52. The lowest BCUT2D eigenvalue weighted by molar-refractivity contribution is -0.125. The number of carbonyl (C=O) groups is 2. The van der Waals surface area contributed by atoms with Gasteiger partial charge in [0.25, 0.3) is 5.91 Å². The Hall–Kier alpha value is -3.93. The van der Waals surface area contributed by atoms with E-state index >= 15 is 0 Å². The number of esters is 1. The van der Waals surface area contributed by atoms with Crippen molar-refractivity contribution in [2.24, 2.45) is 16.4 Å². The number of ether oxygens (including phenoxy) is 1. The molecule has 0 radical (unpaired) electrons. The van der Waals surface area contributed by atoms with E-state index in [4.69, 9.17) is 9.84 Å². The Kier molecular flexibility index (Phi) is 6.26. The van der Waals surface area contributed by atoms with Gasteiger partial charge in [-0.05, 0) is 86.9 Å². The zero-order valence-electron chi connectivity index (χ0n) is 22.0. The van der Waals surface area contributed by atoms with Gasteiger partial charge in [-0.3, -0.25) is 4.79 Å². The van der Waals surface area contributed by atoms with E-state index in [2.05, 4.69) is 59.5 Å². The molecule has 6 rings (SSSR count). The second-order valence-corrected chi connectivity index (χ2v) is 10.6. The van der Waals surface area contributed by atoms with Crippen molar-refractivity contribution in [1.82, 2.24) is 0 Å². The molecule has 0 N–H and O–H groups in total. The van der Waals surface area contributed by atoms with Crippen LogP contribution in [-0.4, -0.2) is 36.8 Å².